The number of hydrogen-bond acceptors (Lipinski definition) is 3. The van der Waals surface area contributed by atoms with Crippen LogP contribution in [0, 0.1) is 5.92 Å². The van der Waals surface area contributed by atoms with Crippen molar-refractivity contribution >= 4 is 11.9 Å². The summed E-state index contributed by atoms with van der Waals surface area (Å²) in [5, 5.41) is 2.68. The highest BCUT2D eigenvalue weighted by Crippen LogP contribution is 2.39. The summed E-state index contributed by atoms with van der Waals surface area (Å²) in [6.07, 6.45) is 1.63. The van der Waals surface area contributed by atoms with E-state index in [1.807, 2.05) is 6.92 Å². The topological polar surface area (TPSA) is 55.4 Å². The van der Waals surface area contributed by atoms with Crippen LogP contribution in [-0.2, 0) is 14.3 Å². The van der Waals surface area contributed by atoms with Gasteiger partial charge in [0.05, 0.1) is 7.11 Å². The first-order chi connectivity index (χ1) is 6.03. The Kier molecular flexibility index (Phi) is 2.59. The van der Waals surface area contributed by atoms with Gasteiger partial charge in [-0.1, -0.05) is 6.92 Å². The number of ether oxygens (including phenoxy) is 1. The molecule has 13 heavy (non-hydrogen) atoms. The van der Waals surface area contributed by atoms with Crippen LogP contribution in [0.4, 0.5) is 0 Å². The summed E-state index contributed by atoms with van der Waals surface area (Å²) in [7, 11) is 1.34. The van der Waals surface area contributed by atoms with Gasteiger partial charge in [-0.05, 0) is 18.8 Å². The molecule has 0 aliphatic heterocycles. The van der Waals surface area contributed by atoms with E-state index in [0.29, 0.717) is 6.42 Å². The zero-order chi connectivity index (χ0) is 10.1. The SMILES string of the molecule is COC(=O)[C@@]1(NC(C)=O)CC[C@H]1C. The van der Waals surface area contributed by atoms with Crippen LogP contribution in [0.25, 0.3) is 0 Å². The van der Waals surface area contributed by atoms with Crippen molar-refractivity contribution in [2.45, 2.75) is 32.2 Å². The van der Waals surface area contributed by atoms with Crippen molar-refractivity contribution in [3.05, 3.63) is 0 Å². The maximum atomic E-state index is 11.4. The van der Waals surface area contributed by atoms with E-state index in [0.717, 1.165) is 6.42 Å². The van der Waals surface area contributed by atoms with E-state index in [2.05, 4.69) is 10.1 Å². The molecule has 0 saturated heterocycles. The largest absolute Gasteiger partial charge is 0.467 e. The molecule has 74 valence electrons. The molecule has 0 heterocycles. The molecule has 0 unspecified atom stereocenters. The molecule has 0 aromatic rings. The lowest BCUT2D eigenvalue weighted by atomic mass is 9.67. The van der Waals surface area contributed by atoms with Gasteiger partial charge in [0, 0.05) is 6.92 Å². The van der Waals surface area contributed by atoms with Gasteiger partial charge in [0.2, 0.25) is 5.91 Å². The first-order valence-electron chi connectivity index (χ1n) is 4.40. The Hall–Kier alpha value is -1.06. The molecule has 1 aliphatic carbocycles. The second-order valence-electron chi connectivity index (χ2n) is 3.58. The average molecular weight is 185 g/mol. The quantitative estimate of drug-likeness (QED) is 0.636. The Morgan fingerprint density at radius 3 is 2.38 bits per heavy atom. The number of amides is 1. The lowest BCUT2D eigenvalue weighted by Gasteiger charge is -2.45. The molecule has 1 rings (SSSR count). The Morgan fingerprint density at radius 2 is 2.15 bits per heavy atom. The Balaban J connectivity index is 2.76. The van der Waals surface area contributed by atoms with Gasteiger partial charge in [0.25, 0.3) is 0 Å². The smallest absolute Gasteiger partial charge is 0.331 e. The molecule has 0 aromatic heterocycles. The molecule has 1 amide bonds. The number of hydrogen-bond donors (Lipinski definition) is 1. The van der Waals surface area contributed by atoms with Gasteiger partial charge in [-0.3, -0.25) is 4.79 Å². The first-order valence-corrected chi connectivity index (χ1v) is 4.40. The van der Waals surface area contributed by atoms with E-state index < -0.39 is 5.54 Å². The highest BCUT2D eigenvalue weighted by atomic mass is 16.5. The predicted molar refractivity (Wildman–Crippen MR) is 47.0 cm³/mol. The van der Waals surface area contributed by atoms with Crippen LogP contribution in [-0.4, -0.2) is 24.5 Å². The minimum atomic E-state index is -0.749. The summed E-state index contributed by atoms with van der Waals surface area (Å²) in [6.45, 7) is 3.35. The summed E-state index contributed by atoms with van der Waals surface area (Å²) < 4.78 is 4.68. The van der Waals surface area contributed by atoms with Gasteiger partial charge >= 0.3 is 5.97 Å². The third-order valence-electron chi connectivity index (χ3n) is 2.76. The summed E-state index contributed by atoms with van der Waals surface area (Å²) in [5.41, 5.74) is -0.749. The third kappa shape index (κ3) is 1.53. The first kappa shape index (κ1) is 10.0. The molecular weight excluding hydrogens is 170 g/mol. The van der Waals surface area contributed by atoms with Gasteiger partial charge in [-0.15, -0.1) is 0 Å². The summed E-state index contributed by atoms with van der Waals surface area (Å²) in [5.74, 6) is -0.345. The molecule has 1 aliphatic rings. The molecule has 0 spiro atoms. The van der Waals surface area contributed by atoms with Crippen LogP contribution in [0.2, 0.25) is 0 Å². The van der Waals surface area contributed by atoms with Crippen LogP contribution >= 0.6 is 0 Å². The van der Waals surface area contributed by atoms with Gasteiger partial charge in [-0.2, -0.15) is 0 Å². The minimum absolute atomic E-state index is 0.170. The molecule has 4 nitrogen and oxygen atoms in total. The second kappa shape index (κ2) is 3.36. The summed E-state index contributed by atoms with van der Waals surface area (Å²) in [6, 6.07) is 0. The molecule has 0 radical (unpaired) electrons. The molecule has 2 atom stereocenters. The number of carbonyl (C=O) groups excluding carboxylic acids is 2. The van der Waals surface area contributed by atoms with Crippen LogP contribution < -0.4 is 5.32 Å². The molecule has 1 N–H and O–H groups in total. The normalized spacial score (nSPS) is 31.8. The van der Waals surface area contributed by atoms with E-state index in [-0.39, 0.29) is 17.8 Å². The van der Waals surface area contributed by atoms with Crippen LogP contribution in [0.5, 0.6) is 0 Å². The fraction of sp³-hybridized carbons (Fsp3) is 0.778. The number of carbonyl (C=O) groups is 2. The molecule has 1 saturated carbocycles. The van der Waals surface area contributed by atoms with Crippen LogP contribution in [0.15, 0.2) is 0 Å². The maximum absolute atomic E-state index is 11.4. The number of nitrogens with one attached hydrogen (secondary N) is 1. The van der Waals surface area contributed by atoms with Gasteiger partial charge in [-0.25, -0.2) is 4.79 Å². The number of rotatable bonds is 2. The van der Waals surface area contributed by atoms with Crippen LogP contribution in [0.1, 0.15) is 26.7 Å². The monoisotopic (exact) mass is 185 g/mol. The fourth-order valence-electron chi connectivity index (χ4n) is 1.76. The van der Waals surface area contributed by atoms with Crippen molar-refractivity contribution in [2.75, 3.05) is 7.11 Å². The van der Waals surface area contributed by atoms with Crippen molar-refractivity contribution in [3.63, 3.8) is 0 Å². The standard InChI is InChI=1S/C9H15NO3/c1-6-4-5-9(6,8(12)13-3)10-7(2)11/h6H,4-5H2,1-3H3,(H,10,11)/t6-,9-/m1/s1. The number of methoxy groups -OCH3 is 1. The van der Waals surface area contributed by atoms with Crippen LogP contribution in [0.3, 0.4) is 0 Å². The average Bonchev–Trinajstić information content (AvgIpc) is 2.09. The number of esters is 1. The fourth-order valence-corrected chi connectivity index (χ4v) is 1.76. The molecule has 0 bridgehead atoms. The Morgan fingerprint density at radius 1 is 1.54 bits per heavy atom. The zero-order valence-corrected chi connectivity index (χ0v) is 8.22. The van der Waals surface area contributed by atoms with Gasteiger partial charge in [0.15, 0.2) is 0 Å². The summed E-state index contributed by atoms with van der Waals surface area (Å²) >= 11 is 0. The molecular formula is C9H15NO3. The predicted octanol–water partition coefficient (Wildman–Crippen LogP) is 0.464. The van der Waals surface area contributed by atoms with E-state index in [9.17, 15) is 9.59 Å². The minimum Gasteiger partial charge on any atom is -0.467 e. The highest BCUT2D eigenvalue weighted by Gasteiger charge is 2.52. The maximum Gasteiger partial charge on any atom is 0.331 e. The van der Waals surface area contributed by atoms with Crippen molar-refractivity contribution in [2.24, 2.45) is 5.92 Å². The van der Waals surface area contributed by atoms with Crippen molar-refractivity contribution < 1.29 is 14.3 Å². The van der Waals surface area contributed by atoms with Gasteiger partial charge in [0.1, 0.15) is 5.54 Å². The molecule has 1 fully saturated rings. The van der Waals surface area contributed by atoms with E-state index in [1.54, 1.807) is 0 Å². The van der Waals surface area contributed by atoms with Gasteiger partial charge < -0.3 is 10.1 Å². The lowest BCUT2D eigenvalue weighted by Crippen LogP contribution is -2.64. The summed E-state index contributed by atoms with van der Waals surface area (Å²) in [4.78, 5) is 22.3. The second-order valence-corrected chi connectivity index (χ2v) is 3.58. The van der Waals surface area contributed by atoms with Crippen molar-refractivity contribution in [1.82, 2.24) is 5.32 Å². The van der Waals surface area contributed by atoms with E-state index in [4.69, 9.17) is 0 Å². The van der Waals surface area contributed by atoms with E-state index in [1.165, 1.54) is 14.0 Å². The Bertz CT molecular complexity index is 239. The zero-order valence-electron chi connectivity index (χ0n) is 8.22. The lowest BCUT2D eigenvalue weighted by molar-refractivity contribution is -0.159. The third-order valence-corrected chi connectivity index (χ3v) is 2.76. The Labute approximate surface area is 77.6 Å². The highest BCUT2D eigenvalue weighted by molar-refractivity contribution is 5.88. The van der Waals surface area contributed by atoms with Crippen molar-refractivity contribution in [3.8, 4) is 0 Å². The van der Waals surface area contributed by atoms with Crippen molar-refractivity contribution in [1.29, 1.82) is 0 Å². The molecule has 0 aromatic carbocycles. The van der Waals surface area contributed by atoms with E-state index >= 15 is 0 Å². The molecule has 4 heteroatoms.